The van der Waals surface area contributed by atoms with E-state index in [-0.39, 0.29) is 29.5 Å². The summed E-state index contributed by atoms with van der Waals surface area (Å²) in [5.41, 5.74) is 1.26. The third-order valence-electron chi connectivity index (χ3n) is 4.95. The van der Waals surface area contributed by atoms with Crippen molar-refractivity contribution in [1.29, 1.82) is 0 Å². The number of benzene rings is 1. The number of piperidine rings is 1. The third-order valence-corrected chi connectivity index (χ3v) is 4.95. The van der Waals surface area contributed by atoms with E-state index in [1.165, 1.54) is 5.56 Å². The second-order valence-corrected chi connectivity index (χ2v) is 7.70. The molecule has 1 aliphatic rings. The fourth-order valence-corrected chi connectivity index (χ4v) is 3.56. The molecule has 0 saturated carbocycles. The predicted octanol–water partition coefficient (Wildman–Crippen LogP) is 3.81. The Kier molecular flexibility index (Phi) is 10.6. The summed E-state index contributed by atoms with van der Waals surface area (Å²) in [4.78, 5) is 6.83. The number of halogens is 1. The number of nitrogens with one attached hydrogen (secondary N) is 2. The molecular formula is C21H37IN4O. The molecule has 1 heterocycles. The van der Waals surface area contributed by atoms with Gasteiger partial charge in [-0.05, 0) is 46.1 Å². The average Bonchev–Trinajstić information content (AvgIpc) is 2.64. The molecule has 0 amide bonds. The van der Waals surface area contributed by atoms with Crippen molar-refractivity contribution in [2.24, 2.45) is 4.99 Å². The Labute approximate surface area is 182 Å². The van der Waals surface area contributed by atoms with E-state index in [0.29, 0.717) is 12.1 Å². The van der Waals surface area contributed by atoms with Crippen LogP contribution < -0.4 is 10.6 Å². The summed E-state index contributed by atoms with van der Waals surface area (Å²) >= 11 is 0. The van der Waals surface area contributed by atoms with Gasteiger partial charge in [0.1, 0.15) is 0 Å². The summed E-state index contributed by atoms with van der Waals surface area (Å²) in [6.07, 6.45) is 2.54. The minimum atomic E-state index is -0.0468. The number of aliphatic imine (C=N–C) groups is 1. The van der Waals surface area contributed by atoms with Crippen LogP contribution in [0.5, 0.6) is 0 Å². The van der Waals surface area contributed by atoms with Crippen LogP contribution in [-0.4, -0.2) is 55.8 Å². The molecule has 0 spiro atoms. The molecule has 1 aliphatic heterocycles. The smallest absolute Gasteiger partial charge is 0.193 e. The summed E-state index contributed by atoms with van der Waals surface area (Å²) in [5, 5.41) is 7.28. The second kappa shape index (κ2) is 11.9. The molecule has 0 bridgehead atoms. The monoisotopic (exact) mass is 488 g/mol. The maximum absolute atomic E-state index is 5.75. The largest absolute Gasteiger partial charge is 0.378 e. The number of hydrogen-bond donors (Lipinski definition) is 2. The average molecular weight is 488 g/mol. The van der Waals surface area contributed by atoms with Crippen LogP contribution in [0.3, 0.4) is 0 Å². The predicted molar refractivity (Wildman–Crippen MR) is 125 cm³/mol. The zero-order chi connectivity index (χ0) is 19.0. The van der Waals surface area contributed by atoms with E-state index in [2.05, 4.69) is 78.6 Å². The van der Waals surface area contributed by atoms with Crippen LogP contribution in [0.25, 0.3) is 0 Å². The van der Waals surface area contributed by atoms with Crippen LogP contribution in [0.1, 0.15) is 52.1 Å². The number of likely N-dealkylation sites (tertiary alicyclic amines) is 1. The van der Waals surface area contributed by atoms with Gasteiger partial charge < -0.3 is 20.3 Å². The van der Waals surface area contributed by atoms with Crippen LogP contribution in [0.15, 0.2) is 35.3 Å². The highest BCUT2D eigenvalue weighted by atomic mass is 127. The number of ether oxygens (including phenoxy) is 1. The van der Waals surface area contributed by atoms with Gasteiger partial charge in [-0.1, -0.05) is 30.3 Å². The van der Waals surface area contributed by atoms with Gasteiger partial charge in [0.25, 0.3) is 0 Å². The molecule has 1 fully saturated rings. The number of guanidine groups is 1. The van der Waals surface area contributed by atoms with E-state index in [4.69, 9.17) is 4.74 Å². The fourth-order valence-electron chi connectivity index (χ4n) is 3.56. The summed E-state index contributed by atoms with van der Waals surface area (Å²) in [7, 11) is 1.87. The summed E-state index contributed by atoms with van der Waals surface area (Å²) < 4.78 is 5.75. The highest BCUT2D eigenvalue weighted by molar-refractivity contribution is 14.0. The van der Waals surface area contributed by atoms with Crippen molar-refractivity contribution in [1.82, 2.24) is 15.5 Å². The number of rotatable bonds is 7. The van der Waals surface area contributed by atoms with Crippen molar-refractivity contribution in [3.63, 3.8) is 0 Å². The molecule has 5 nitrogen and oxygen atoms in total. The number of nitrogens with zero attached hydrogens (tertiary/aromatic N) is 2. The molecule has 1 atom stereocenters. The summed E-state index contributed by atoms with van der Waals surface area (Å²) in [5.74, 6) is 0.988. The van der Waals surface area contributed by atoms with Gasteiger partial charge in [-0.3, -0.25) is 4.99 Å². The molecule has 0 aliphatic carbocycles. The maximum Gasteiger partial charge on any atom is 0.193 e. The first-order valence-electron chi connectivity index (χ1n) is 9.85. The van der Waals surface area contributed by atoms with Gasteiger partial charge in [-0.25, -0.2) is 0 Å². The van der Waals surface area contributed by atoms with Gasteiger partial charge in [0, 0.05) is 44.9 Å². The lowest BCUT2D eigenvalue weighted by atomic mass is 10.0. The van der Waals surface area contributed by atoms with Crippen molar-refractivity contribution in [3.8, 4) is 0 Å². The molecule has 1 saturated heterocycles. The normalized spacial score (nSPS) is 17.4. The first-order chi connectivity index (χ1) is 12.4. The van der Waals surface area contributed by atoms with Gasteiger partial charge in [-0.15, -0.1) is 24.0 Å². The van der Waals surface area contributed by atoms with Crippen molar-refractivity contribution >= 4 is 29.9 Å². The second-order valence-electron chi connectivity index (χ2n) is 7.70. The lowest BCUT2D eigenvalue weighted by molar-refractivity contribution is 0.0263. The van der Waals surface area contributed by atoms with Crippen LogP contribution in [0, 0.1) is 0 Å². The Morgan fingerprint density at radius 1 is 1.26 bits per heavy atom. The molecule has 154 valence electrons. The highest BCUT2D eigenvalue weighted by Gasteiger charge is 2.25. The van der Waals surface area contributed by atoms with Crippen molar-refractivity contribution in [2.45, 2.75) is 58.2 Å². The topological polar surface area (TPSA) is 48.9 Å². The molecule has 27 heavy (non-hydrogen) atoms. The molecule has 0 radical (unpaired) electrons. The SMILES string of the molecule is CCOC1CCN(C(=NC)NCC(C)(C)NC(C)c2ccccc2)CC1.I. The van der Waals surface area contributed by atoms with E-state index in [9.17, 15) is 0 Å². The van der Waals surface area contributed by atoms with E-state index in [0.717, 1.165) is 45.0 Å². The van der Waals surface area contributed by atoms with E-state index >= 15 is 0 Å². The highest BCUT2D eigenvalue weighted by Crippen LogP contribution is 2.17. The summed E-state index contributed by atoms with van der Waals surface area (Å²) in [6, 6.07) is 10.9. The lowest BCUT2D eigenvalue weighted by Crippen LogP contribution is -2.54. The standard InChI is InChI=1S/C21H36N4O.HI/c1-6-26-19-12-14-25(15-13-19)20(22-5)23-16-21(3,4)24-17(2)18-10-8-7-9-11-18;/h7-11,17,19,24H,6,12-16H2,1-5H3,(H,22,23);1H. The van der Waals surface area contributed by atoms with Gasteiger partial charge in [0.15, 0.2) is 5.96 Å². The molecule has 2 rings (SSSR count). The Hall–Kier alpha value is -0.860. The van der Waals surface area contributed by atoms with E-state index in [1.807, 2.05) is 7.05 Å². The Bertz CT molecular complexity index is 557. The molecule has 1 unspecified atom stereocenters. The third kappa shape index (κ3) is 7.95. The Balaban J connectivity index is 0.00000364. The molecule has 1 aromatic rings. The Morgan fingerprint density at radius 3 is 2.44 bits per heavy atom. The maximum atomic E-state index is 5.75. The Morgan fingerprint density at radius 2 is 1.89 bits per heavy atom. The van der Waals surface area contributed by atoms with Crippen molar-refractivity contribution in [3.05, 3.63) is 35.9 Å². The van der Waals surface area contributed by atoms with Gasteiger partial charge in [0.05, 0.1) is 6.10 Å². The quantitative estimate of drug-likeness (QED) is 0.348. The number of hydrogen-bond acceptors (Lipinski definition) is 3. The zero-order valence-electron chi connectivity index (χ0n) is 17.5. The molecule has 2 N–H and O–H groups in total. The molecular weight excluding hydrogens is 451 g/mol. The van der Waals surface area contributed by atoms with Crippen LogP contribution in [0.2, 0.25) is 0 Å². The van der Waals surface area contributed by atoms with Crippen LogP contribution >= 0.6 is 24.0 Å². The van der Waals surface area contributed by atoms with Crippen molar-refractivity contribution in [2.75, 3.05) is 33.3 Å². The molecule has 6 heteroatoms. The zero-order valence-corrected chi connectivity index (χ0v) is 19.8. The fraction of sp³-hybridized carbons (Fsp3) is 0.667. The summed E-state index contributed by atoms with van der Waals surface area (Å²) in [6.45, 7) is 12.4. The lowest BCUT2D eigenvalue weighted by Gasteiger charge is -2.36. The molecule has 0 aromatic heterocycles. The van der Waals surface area contributed by atoms with E-state index < -0.39 is 0 Å². The van der Waals surface area contributed by atoms with Gasteiger partial charge in [0.2, 0.25) is 0 Å². The van der Waals surface area contributed by atoms with Gasteiger partial charge in [-0.2, -0.15) is 0 Å². The molecule has 1 aromatic carbocycles. The first kappa shape index (κ1) is 24.2. The first-order valence-corrected chi connectivity index (χ1v) is 9.85. The van der Waals surface area contributed by atoms with Crippen molar-refractivity contribution < 1.29 is 4.74 Å². The minimum Gasteiger partial charge on any atom is -0.378 e. The minimum absolute atomic E-state index is 0. The van der Waals surface area contributed by atoms with Crippen LogP contribution in [-0.2, 0) is 4.74 Å². The van der Waals surface area contributed by atoms with Crippen LogP contribution in [0.4, 0.5) is 0 Å². The van der Waals surface area contributed by atoms with Gasteiger partial charge >= 0.3 is 0 Å². The van der Waals surface area contributed by atoms with E-state index in [1.54, 1.807) is 0 Å².